The Morgan fingerprint density at radius 2 is 2.00 bits per heavy atom. The van der Waals surface area contributed by atoms with Crippen molar-refractivity contribution in [2.24, 2.45) is 0 Å². The first-order valence-electron chi connectivity index (χ1n) is 8.10. The Kier molecular flexibility index (Phi) is 5.10. The molecule has 5 nitrogen and oxygen atoms in total. The lowest BCUT2D eigenvalue weighted by Crippen LogP contribution is -2.46. The van der Waals surface area contributed by atoms with E-state index in [1.807, 2.05) is 12.1 Å². The minimum atomic E-state index is -0.0324. The van der Waals surface area contributed by atoms with E-state index < -0.39 is 0 Å². The number of H-pyrrole nitrogens is 1. The molecule has 2 aromatic rings. The van der Waals surface area contributed by atoms with Gasteiger partial charge in [-0.3, -0.25) is 9.69 Å². The van der Waals surface area contributed by atoms with Crippen molar-refractivity contribution in [2.45, 2.75) is 12.6 Å². The number of hydrogen-bond donors (Lipinski definition) is 2. The molecule has 5 heteroatoms. The van der Waals surface area contributed by atoms with Crippen molar-refractivity contribution in [2.75, 3.05) is 33.2 Å². The van der Waals surface area contributed by atoms with E-state index in [2.05, 4.69) is 51.4 Å². The van der Waals surface area contributed by atoms with Crippen LogP contribution >= 0.6 is 0 Å². The summed E-state index contributed by atoms with van der Waals surface area (Å²) in [7, 11) is 2.11. The lowest BCUT2D eigenvalue weighted by atomic mass is 10.2. The zero-order valence-electron chi connectivity index (χ0n) is 13.5. The maximum atomic E-state index is 12.3. The fraction of sp³-hybridized carbons (Fsp3) is 0.389. The zero-order chi connectivity index (χ0) is 16.1. The summed E-state index contributed by atoms with van der Waals surface area (Å²) < 4.78 is 0. The third kappa shape index (κ3) is 4.43. The average molecular weight is 312 g/mol. The summed E-state index contributed by atoms with van der Waals surface area (Å²) >= 11 is 0. The van der Waals surface area contributed by atoms with Crippen molar-refractivity contribution in [1.29, 1.82) is 0 Å². The summed E-state index contributed by atoms with van der Waals surface area (Å²) in [6.45, 7) is 4.69. The molecule has 0 spiro atoms. The highest BCUT2D eigenvalue weighted by Gasteiger charge is 2.23. The van der Waals surface area contributed by atoms with Gasteiger partial charge in [-0.05, 0) is 24.7 Å². The molecule has 0 saturated carbocycles. The SMILES string of the molecule is CN1CCN(Cc2ccccc2)CC(NC(=O)c2ccc[nH]2)C1. The van der Waals surface area contributed by atoms with Crippen molar-refractivity contribution >= 4 is 5.91 Å². The van der Waals surface area contributed by atoms with Crippen LogP contribution in [0, 0.1) is 0 Å². The fourth-order valence-corrected chi connectivity index (χ4v) is 3.05. The van der Waals surface area contributed by atoms with E-state index in [-0.39, 0.29) is 11.9 Å². The van der Waals surface area contributed by atoms with Crippen molar-refractivity contribution in [3.05, 3.63) is 59.9 Å². The molecule has 0 bridgehead atoms. The van der Waals surface area contributed by atoms with Gasteiger partial charge in [-0.2, -0.15) is 0 Å². The predicted molar refractivity (Wildman–Crippen MR) is 91.3 cm³/mol. The molecule has 1 fully saturated rings. The molecular formula is C18H24N4O. The van der Waals surface area contributed by atoms with E-state index in [0.717, 1.165) is 32.7 Å². The molecule has 1 atom stereocenters. The van der Waals surface area contributed by atoms with E-state index in [1.165, 1.54) is 5.56 Å². The molecule has 1 aliphatic heterocycles. The molecule has 1 unspecified atom stereocenters. The molecule has 0 aliphatic carbocycles. The second-order valence-electron chi connectivity index (χ2n) is 6.24. The topological polar surface area (TPSA) is 51.4 Å². The molecule has 3 rings (SSSR count). The molecule has 2 heterocycles. The summed E-state index contributed by atoms with van der Waals surface area (Å²) in [5.74, 6) is -0.0324. The van der Waals surface area contributed by atoms with Gasteiger partial charge in [-0.1, -0.05) is 30.3 Å². The van der Waals surface area contributed by atoms with E-state index in [4.69, 9.17) is 0 Å². The van der Waals surface area contributed by atoms with Crippen LogP contribution in [0.1, 0.15) is 16.1 Å². The summed E-state index contributed by atoms with van der Waals surface area (Å²) in [6, 6.07) is 14.3. The lowest BCUT2D eigenvalue weighted by molar-refractivity contribution is 0.0919. The highest BCUT2D eigenvalue weighted by Crippen LogP contribution is 2.09. The van der Waals surface area contributed by atoms with Gasteiger partial charge in [0.05, 0.1) is 6.04 Å². The van der Waals surface area contributed by atoms with Gasteiger partial charge in [-0.25, -0.2) is 0 Å². The van der Waals surface area contributed by atoms with Gasteiger partial charge >= 0.3 is 0 Å². The molecule has 1 aliphatic rings. The number of likely N-dealkylation sites (N-methyl/N-ethyl adjacent to an activating group) is 1. The predicted octanol–water partition coefficient (Wildman–Crippen LogP) is 1.56. The molecular weight excluding hydrogens is 288 g/mol. The number of nitrogens with one attached hydrogen (secondary N) is 2. The van der Waals surface area contributed by atoms with Crippen LogP contribution in [0.2, 0.25) is 0 Å². The van der Waals surface area contributed by atoms with Crippen LogP contribution in [0.5, 0.6) is 0 Å². The van der Waals surface area contributed by atoms with Crippen molar-refractivity contribution in [1.82, 2.24) is 20.1 Å². The quantitative estimate of drug-likeness (QED) is 0.901. The number of rotatable bonds is 4. The number of aromatic nitrogens is 1. The molecule has 1 amide bonds. The van der Waals surface area contributed by atoms with Crippen LogP contribution in [0.4, 0.5) is 0 Å². The number of carbonyl (C=O) groups excluding carboxylic acids is 1. The lowest BCUT2D eigenvalue weighted by Gasteiger charge is -2.24. The number of carbonyl (C=O) groups is 1. The van der Waals surface area contributed by atoms with Crippen molar-refractivity contribution < 1.29 is 4.79 Å². The number of benzene rings is 1. The number of nitrogens with zero attached hydrogens (tertiary/aromatic N) is 2. The molecule has 1 aromatic heterocycles. The first kappa shape index (κ1) is 15.8. The van der Waals surface area contributed by atoms with Gasteiger partial charge in [0.25, 0.3) is 5.91 Å². The van der Waals surface area contributed by atoms with Gasteiger partial charge in [0, 0.05) is 38.9 Å². The molecule has 0 radical (unpaired) electrons. The molecule has 122 valence electrons. The van der Waals surface area contributed by atoms with Crippen molar-refractivity contribution in [3.8, 4) is 0 Å². The maximum absolute atomic E-state index is 12.3. The van der Waals surface area contributed by atoms with Gasteiger partial charge in [-0.15, -0.1) is 0 Å². The summed E-state index contributed by atoms with van der Waals surface area (Å²) in [4.78, 5) is 19.9. The second kappa shape index (κ2) is 7.44. The Morgan fingerprint density at radius 3 is 2.74 bits per heavy atom. The first-order chi connectivity index (χ1) is 11.2. The van der Waals surface area contributed by atoms with Gasteiger partial charge in [0.2, 0.25) is 0 Å². The molecule has 1 saturated heterocycles. The van der Waals surface area contributed by atoms with E-state index in [0.29, 0.717) is 5.69 Å². The van der Waals surface area contributed by atoms with Crippen molar-refractivity contribution in [3.63, 3.8) is 0 Å². The Hall–Kier alpha value is -2.11. The van der Waals surface area contributed by atoms with Gasteiger partial charge in [0.15, 0.2) is 0 Å². The van der Waals surface area contributed by atoms with Crippen LogP contribution in [-0.4, -0.2) is 60.0 Å². The Balaban J connectivity index is 1.63. The largest absolute Gasteiger partial charge is 0.357 e. The monoisotopic (exact) mass is 312 g/mol. The second-order valence-corrected chi connectivity index (χ2v) is 6.24. The summed E-state index contributed by atoms with van der Waals surface area (Å²) in [6.07, 6.45) is 1.77. The van der Waals surface area contributed by atoms with Crippen LogP contribution in [0.15, 0.2) is 48.7 Å². The molecule has 1 aromatic carbocycles. The third-order valence-corrected chi connectivity index (χ3v) is 4.24. The van der Waals surface area contributed by atoms with Crippen LogP contribution in [0.25, 0.3) is 0 Å². The Labute approximate surface area is 137 Å². The molecule has 2 N–H and O–H groups in total. The van der Waals surface area contributed by atoms with Crippen LogP contribution in [-0.2, 0) is 6.54 Å². The minimum absolute atomic E-state index is 0.0324. The number of aromatic amines is 1. The first-order valence-corrected chi connectivity index (χ1v) is 8.10. The third-order valence-electron chi connectivity index (χ3n) is 4.24. The van der Waals surface area contributed by atoms with Gasteiger partial charge < -0.3 is 15.2 Å². The normalized spacial score (nSPS) is 20.1. The van der Waals surface area contributed by atoms with Gasteiger partial charge in [0.1, 0.15) is 5.69 Å². The standard InChI is InChI=1S/C18H24N4O/c1-21-10-11-22(12-15-6-3-2-4-7-15)14-16(13-21)20-18(23)17-8-5-9-19-17/h2-9,16,19H,10-14H2,1H3,(H,20,23). The van der Waals surface area contributed by atoms with E-state index >= 15 is 0 Å². The number of amides is 1. The Morgan fingerprint density at radius 1 is 1.17 bits per heavy atom. The highest BCUT2D eigenvalue weighted by molar-refractivity contribution is 5.92. The van der Waals surface area contributed by atoms with Crippen LogP contribution < -0.4 is 5.32 Å². The highest BCUT2D eigenvalue weighted by atomic mass is 16.2. The van der Waals surface area contributed by atoms with E-state index in [9.17, 15) is 4.79 Å². The zero-order valence-corrected chi connectivity index (χ0v) is 13.5. The Bertz CT molecular complexity index is 611. The summed E-state index contributed by atoms with van der Waals surface area (Å²) in [5, 5.41) is 3.15. The number of hydrogen-bond acceptors (Lipinski definition) is 3. The van der Waals surface area contributed by atoms with Crippen LogP contribution in [0.3, 0.4) is 0 Å². The fourth-order valence-electron chi connectivity index (χ4n) is 3.05. The smallest absolute Gasteiger partial charge is 0.267 e. The minimum Gasteiger partial charge on any atom is -0.357 e. The van der Waals surface area contributed by atoms with E-state index in [1.54, 1.807) is 12.3 Å². The molecule has 23 heavy (non-hydrogen) atoms. The maximum Gasteiger partial charge on any atom is 0.267 e. The summed E-state index contributed by atoms with van der Waals surface area (Å²) in [5.41, 5.74) is 1.93. The average Bonchev–Trinajstić information content (AvgIpc) is 3.02.